The van der Waals surface area contributed by atoms with Gasteiger partial charge in [0.15, 0.2) is 0 Å². The Morgan fingerprint density at radius 2 is 2.14 bits per heavy atom. The van der Waals surface area contributed by atoms with Crippen molar-refractivity contribution in [2.45, 2.75) is 24.9 Å². The van der Waals surface area contributed by atoms with E-state index in [2.05, 4.69) is 5.10 Å². The molecule has 4 rings (SSSR count). The van der Waals surface area contributed by atoms with E-state index in [1.165, 1.54) is 0 Å². The monoisotopic (exact) mass is 282 g/mol. The van der Waals surface area contributed by atoms with Crippen LogP contribution in [0, 0.1) is 5.92 Å². The fourth-order valence-corrected chi connectivity index (χ4v) is 3.49. The molecule has 21 heavy (non-hydrogen) atoms. The lowest BCUT2D eigenvalue weighted by atomic mass is 10.1. The van der Waals surface area contributed by atoms with Gasteiger partial charge in [-0.05, 0) is 37.0 Å². The zero-order chi connectivity index (χ0) is 14.4. The lowest BCUT2D eigenvalue weighted by molar-refractivity contribution is 0.0706. The number of nitrogens with two attached hydrogens (primary N) is 1. The molecule has 3 atom stereocenters. The summed E-state index contributed by atoms with van der Waals surface area (Å²) in [7, 11) is 0. The highest BCUT2D eigenvalue weighted by molar-refractivity contribution is 5.98. The number of carbonyl (C=O) groups excluding carboxylic acids is 1. The van der Waals surface area contributed by atoms with Crippen molar-refractivity contribution in [1.29, 1.82) is 0 Å². The summed E-state index contributed by atoms with van der Waals surface area (Å²) in [6.45, 7) is 0.544. The van der Waals surface area contributed by atoms with Crippen LogP contribution < -0.4 is 5.73 Å². The van der Waals surface area contributed by atoms with E-state index in [0.717, 1.165) is 18.5 Å². The molecule has 5 nitrogen and oxygen atoms in total. The van der Waals surface area contributed by atoms with E-state index in [0.29, 0.717) is 24.1 Å². The van der Waals surface area contributed by atoms with Crippen LogP contribution in [0.4, 0.5) is 0 Å². The van der Waals surface area contributed by atoms with E-state index >= 15 is 0 Å². The number of fused-ring (bicyclic) bond motifs is 1. The lowest BCUT2D eigenvalue weighted by Gasteiger charge is -2.27. The molecule has 0 radical (unpaired) electrons. The van der Waals surface area contributed by atoms with Crippen molar-refractivity contribution in [2.75, 3.05) is 6.54 Å². The van der Waals surface area contributed by atoms with Crippen LogP contribution in [-0.4, -0.2) is 39.2 Å². The van der Waals surface area contributed by atoms with Gasteiger partial charge in [-0.2, -0.15) is 5.10 Å². The number of hydrogen-bond donors (Lipinski definition) is 1. The summed E-state index contributed by atoms with van der Waals surface area (Å²) >= 11 is 0. The van der Waals surface area contributed by atoms with Crippen LogP contribution in [0.3, 0.4) is 0 Å². The van der Waals surface area contributed by atoms with Gasteiger partial charge >= 0.3 is 0 Å². The Morgan fingerprint density at radius 1 is 1.29 bits per heavy atom. The Morgan fingerprint density at radius 3 is 2.90 bits per heavy atom. The van der Waals surface area contributed by atoms with Gasteiger partial charge in [-0.25, -0.2) is 4.68 Å². The second kappa shape index (κ2) is 4.70. The Hall–Kier alpha value is -2.14. The minimum atomic E-state index is 0.0848. The molecule has 2 aliphatic rings. The Balaban J connectivity index is 1.72. The van der Waals surface area contributed by atoms with E-state index in [-0.39, 0.29) is 11.9 Å². The predicted molar refractivity (Wildman–Crippen MR) is 79.1 cm³/mol. The molecule has 108 valence electrons. The number of carbonyl (C=O) groups is 1. The maximum Gasteiger partial charge on any atom is 0.256 e. The summed E-state index contributed by atoms with van der Waals surface area (Å²) in [5.41, 5.74) is 7.37. The number of nitrogens with zero attached hydrogens (tertiary/aromatic N) is 3. The highest BCUT2D eigenvalue weighted by atomic mass is 16.2. The average Bonchev–Trinajstić information content (AvgIpc) is 2.95. The first-order valence-electron chi connectivity index (χ1n) is 7.41. The first-order chi connectivity index (χ1) is 10.3. The second-order valence-electron chi connectivity index (χ2n) is 5.87. The van der Waals surface area contributed by atoms with E-state index in [1.807, 2.05) is 41.4 Å². The lowest BCUT2D eigenvalue weighted by Crippen LogP contribution is -2.42. The zero-order valence-corrected chi connectivity index (χ0v) is 11.7. The predicted octanol–water partition coefficient (Wildman–Crippen LogP) is 1.43. The molecule has 2 fully saturated rings. The van der Waals surface area contributed by atoms with Gasteiger partial charge in [0, 0.05) is 31.0 Å². The van der Waals surface area contributed by atoms with E-state index in [4.69, 9.17) is 5.73 Å². The molecule has 1 saturated carbocycles. The second-order valence-corrected chi connectivity index (χ2v) is 5.87. The van der Waals surface area contributed by atoms with Gasteiger partial charge in [-0.15, -0.1) is 0 Å². The van der Waals surface area contributed by atoms with Crippen molar-refractivity contribution in [1.82, 2.24) is 14.7 Å². The third-order valence-electron chi connectivity index (χ3n) is 4.60. The molecule has 2 aromatic rings. The Labute approximate surface area is 123 Å². The summed E-state index contributed by atoms with van der Waals surface area (Å²) in [6, 6.07) is 10.1. The van der Waals surface area contributed by atoms with Crippen LogP contribution in [-0.2, 0) is 0 Å². The molecule has 2 N–H and O–H groups in total. The molecule has 1 aromatic carbocycles. The molecule has 1 aromatic heterocycles. The maximum absolute atomic E-state index is 13.0. The van der Waals surface area contributed by atoms with E-state index < -0.39 is 0 Å². The van der Waals surface area contributed by atoms with E-state index in [9.17, 15) is 4.79 Å². The minimum absolute atomic E-state index is 0.0848. The smallest absolute Gasteiger partial charge is 0.256 e. The maximum atomic E-state index is 13.0. The third kappa shape index (κ3) is 1.96. The molecule has 1 saturated heterocycles. The number of amides is 1. The molecular weight excluding hydrogens is 264 g/mol. The van der Waals surface area contributed by atoms with Gasteiger partial charge < -0.3 is 10.6 Å². The summed E-state index contributed by atoms with van der Waals surface area (Å²) in [4.78, 5) is 15.0. The molecule has 2 heterocycles. The topological polar surface area (TPSA) is 64.2 Å². The van der Waals surface area contributed by atoms with Crippen LogP contribution in [0.2, 0.25) is 0 Å². The number of benzene rings is 1. The van der Waals surface area contributed by atoms with Crippen LogP contribution in [0.1, 0.15) is 23.2 Å². The van der Waals surface area contributed by atoms with Crippen molar-refractivity contribution in [3.05, 3.63) is 48.3 Å². The fourth-order valence-electron chi connectivity index (χ4n) is 3.49. The molecule has 0 bridgehead atoms. The molecule has 0 unspecified atom stereocenters. The van der Waals surface area contributed by atoms with Gasteiger partial charge in [0.1, 0.15) is 0 Å². The number of piperidine rings is 1. The Bertz CT molecular complexity index is 667. The molecular formula is C16H18N4O. The molecule has 1 aliphatic carbocycles. The quantitative estimate of drug-likeness (QED) is 0.926. The fraction of sp³-hybridized carbons (Fsp3) is 0.375. The molecule has 5 heteroatoms. The third-order valence-corrected chi connectivity index (χ3v) is 4.60. The van der Waals surface area contributed by atoms with Crippen LogP contribution in [0.25, 0.3) is 5.69 Å². The van der Waals surface area contributed by atoms with Crippen molar-refractivity contribution in [2.24, 2.45) is 11.7 Å². The number of aromatic nitrogens is 2. The van der Waals surface area contributed by atoms with Crippen LogP contribution >= 0.6 is 0 Å². The van der Waals surface area contributed by atoms with Gasteiger partial charge in [-0.1, -0.05) is 12.1 Å². The molecule has 1 amide bonds. The zero-order valence-electron chi connectivity index (χ0n) is 11.7. The van der Waals surface area contributed by atoms with Crippen molar-refractivity contribution in [3.8, 4) is 5.69 Å². The number of rotatable bonds is 3. The standard InChI is InChI=1S/C16H18N4O/c17-10-12-8-11-9-15(11)20(12)16(21)13-4-1-2-5-14(13)19-7-3-6-18-19/h1-7,11-12,15H,8-10,17H2/t11-,12+,15+/m1/s1. The SMILES string of the molecule is NC[C@@H]1C[C@@H]2C[C@@H]2N1C(=O)c1ccccc1-n1cccn1. The largest absolute Gasteiger partial charge is 0.331 e. The van der Waals surface area contributed by atoms with Crippen LogP contribution in [0.5, 0.6) is 0 Å². The minimum Gasteiger partial charge on any atom is -0.331 e. The van der Waals surface area contributed by atoms with Crippen molar-refractivity contribution in [3.63, 3.8) is 0 Å². The average molecular weight is 282 g/mol. The van der Waals surface area contributed by atoms with Crippen LogP contribution in [0.15, 0.2) is 42.7 Å². The Kier molecular flexibility index (Phi) is 2.82. The number of hydrogen-bond acceptors (Lipinski definition) is 3. The summed E-state index contributed by atoms with van der Waals surface area (Å²) in [5, 5.41) is 4.25. The highest BCUT2D eigenvalue weighted by Crippen LogP contribution is 2.48. The summed E-state index contributed by atoms with van der Waals surface area (Å²) in [5.74, 6) is 0.751. The first-order valence-corrected chi connectivity index (χ1v) is 7.41. The normalized spacial score (nSPS) is 26.7. The number of likely N-dealkylation sites (tertiary alicyclic amines) is 1. The summed E-state index contributed by atoms with van der Waals surface area (Å²) in [6.07, 6.45) is 5.76. The van der Waals surface area contributed by atoms with Crippen molar-refractivity contribution < 1.29 is 4.79 Å². The molecule has 1 aliphatic heterocycles. The highest BCUT2D eigenvalue weighted by Gasteiger charge is 2.53. The summed E-state index contributed by atoms with van der Waals surface area (Å²) < 4.78 is 1.74. The van der Waals surface area contributed by atoms with Gasteiger partial charge in [0.2, 0.25) is 0 Å². The van der Waals surface area contributed by atoms with Gasteiger partial charge in [-0.3, -0.25) is 4.79 Å². The van der Waals surface area contributed by atoms with Gasteiger partial charge in [0.25, 0.3) is 5.91 Å². The number of para-hydroxylation sites is 1. The first kappa shape index (κ1) is 12.6. The van der Waals surface area contributed by atoms with Crippen molar-refractivity contribution >= 4 is 5.91 Å². The van der Waals surface area contributed by atoms with Gasteiger partial charge in [0.05, 0.1) is 11.3 Å². The molecule has 0 spiro atoms. The van der Waals surface area contributed by atoms with E-state index in [1.54, 1.807) is 10.9 Å².